The third-order valence-electron chi connectivity index (χ3n) is 5.40. The van der Waals surface area contributed by atoms with Gasteiger partial charge >= 0.3 is 0 Å². The van der Waals surface area contributed by atoms with Crippen LogP contribution in [0.25, 0.3) is 11.0 Å². The average Bonchev–Trinajstić information content (AvgIpc) is 2.92. The molecular weight excluding hydrogens is 512 g/mol. The highest BCUT2D eigenvalue weighted by atomic mass is 16.6. The molecule has 3 aromatic carbocycles. The van der Waals surface area contributed by atoms with Crippen molar-refractivity contribution in [1.29, 1.82) is 0 Å². The molecule has 1 aromatic heterocycles. The number of nitrogens with zero attached hydrogens (tertiary/aromatic N) is 4. The fraction of sp³-hybridized carbons (Fsp3) is 0.0800. The van der Waals surface area contributed by atoms with Crippen molar-refractivity contribution < 1.29 is 29.0 Å². The van der Waals surface area contributed by atoms with Crippen molar-refractivity contribution in [2.75, 3.05) is 17.7 Å². The quantitative estimate of drug-likeness (QED) is 0.184. The molecule has 4 aromatic rings. The van der Waals surface area contributed by atoms with Crippen LogP contribution < -0.4 is 15.4 Å². The minimum absolute atomic E-state index is 0.0110. The number of nitro groups is 2. The van der Waals surface area contributed by atoms with E-state index in [0.29, 0.717) is 11.4 Å². The zero-order valence-electron chi connectivity index (χ0n) is 20.1. The molecule has 0 aliphatic rings. The van der Waals surface area contributed by atoms with E-state index in [-0.39, 0.29) is 39.5 Å². The van der Waals surface area contributed by atoms with Crippen molar-refractivity contribution in [2.24, 2.45) is 0 Å². The van der Waals surface area contributed by atoms with Crippen LogP contribution in [0.15, 0.2) is 66.7 Å². The van der Waals surface area contributed by atoms with Gasteiger partial charge in [0.15, 0.2) is 5.69 Å². The molecule has 0 bridgehead atoms. The van der Waals surface area contributed by atoms with Gasteiger partial charge in [-0.05, 0) is 24.3 Å². The van der Waals surface area contributed by atoms with Crippen LogP contribution >= 0.6 is 0 Å². The highest BCUT2D eigenvalue weighted by Gasteiger charge is 2.24. The van der Waals surface area contributed by atoms with Gasteiger partial charge in [-0.3, -0.25) is 34.6 Å². The molecule has 0 atom stereocenters. The van der Waals surface area contributed by atoms with Crippen molar-refractivity contribution >= 4 is 51.4 Å². The van der Waals surface area contributed by atoms with Crippen molar-refractivity contribution in [3.63, 3.8) is 0 Å². The fourth-order valence-corrected chi connectivity index (χ4v) is 3.56. The van der Waals surface area contributed by atoms with Gasteiger partial charge in [-0.2, -0.15) is 0 Å². The minimum Gasteiger partial charge on any atom is -0.495 e. The van der Waals surface area contributed by atoms with Crippen molar-refractivity contribution in [2.45, 2.75) is 6.42 Å². The molecule has 1 heterocycles. The number of non-ortho nitro benzene ring substituents is 2. The number of ketones is 1. The van der Waals surface area contributed by atoms with Gasteiger partial charge in [-0.15, -0.1) is 0 Å². The van der Waals surface area contributed by atoms with Crippen LogP contribution in [0.5, 0.6) is 5.75 Å². The zero-order chi connectivity index (χ0) is 28.1. The van der Waals surface area contributed by atoms with Crippen LogP contribution in [0.4, 0.5) is 22.7 Å². The number of rotatable bonds is 9. The summed E-state index contributed by atoms with van der Waals surface area (Å²) in [5.41, 5.74) is -0.606. The predicted molar refractivity (Wildman–Crippen MR) is 138 cm³/mol. The molecule has 196 valence electrons. The number of methoxy groups -OCH3 is 1. The number of hydrogen-bond acceptors (Lipinski definition) is 10. The first-order valence-electron chi connectivity index (χ1n) is 11.1. The van der Waals surface area contributed by atoms with Gasteiger partial charge in [0, 0.05) is 30.0 Å². The number of amides is 2. The van der Waals surface area contributed by atoms with E-state index >= 15 is 0 Å². The van der Waals surface area contributed by atoms with Gasteiger partial charge in [0.05, 0.1) is 45.8 Å². The largest absolute Gasteiger partial charge is 0.495 e. The normalized spacial score (nSPS) is 10.5. The SMILES string of the molecule is COc1ccccc1NC(=O)c1nc2ccc([N+](=O)[O-])cc2nc1CC(=O)C(=O)Nc1cccc([N+](=O)[O-])c1. The Labute approximate surface area is 218 Å². The second-order valence-corrected chi connectivity index (χ2v) is 7.96. The van der Waals surface area contributed by atoms with Gasteiger partial charge in [0.1, 0.15) is 5.75 Å². The van der Waals surface area contributed by atoms with Crippen LogP contribution in [0.2, 0.25) is 0 Å². The fourth-order valence-electron chi connectivity index (χ4n) is 3.56. The van der Waals surface area contributed by atoms with Crippen molar-refractivity contribution in [3.8, 4) is 5.75 Å². The number of para-hydroxylation sites is 2. The molecular formula is C25H18N6O8. The van der Waals surface area contributed by atoms with Crippen LogP contribution in [0.3, 0.4) is 0 Å². The van der Waals surface area contributed by atoms with Gasteiger partial charge < -0.3 is 15.4 Å². The first-order valence-corrected chi connectivity index (χ1v) is 11.1. The number of nitro benzene ring substituents is 2. The molecule has 0 radical (unpaired) electrons. The summed E-state index contributed by atoms with van der Waals surface area (Å²) >= 11 is 0. The van der Waals surface area contributed by atoms with E-state index in [2.05, 4.69) is 20.6 Å². The first-order chi connectivity index (χ1) is 18.7. The van der Waals surface area contributed by atoms with Crippen molar-refractivity contribution in [3.05, 3.63) is 98.3 Å². The lowest BCUT2D eigenvalue weighted by molar-refractivity contribution is -0.384. The summed E-state index contributed by atoms with van der Waals surface area (Å²) < 4.78 is 5.23. The summed E-state index contributed by atoms with van der Waals surface area (Å²) in [6, 6.07) is 15.2. The number of carbonyl (C=O) groups excluding carboxylic acids is 3. The van der Waals surface area contributed by atoms with E-state index in [1.54, 1.807) is 24.3 Å². The summed E-state index contributed by atoms with van der Waals surface area (Å²) in [4.78, 5) is 68.0. The van der Waals surface area contributed by atoms with Gasteiger partial charge in [-0.25, -0.2) is 9.97 Å². The van der Waals surface area contributed by atoms with Crippen molar-refractivity contribution in [1.82, 2.24) is 9.97 Å². The summed E-state index contributed by atoms with van der Waals surface area (Å²) in [5, 5.41) is 27.1. The van der Waals surface area contributed by atoms with Crippen LogP contribution in [-0.2, 0) is 16.0 Å². The van der Waals surface area contributed by atoms with E-state index in [1.165, 1.54) is 37.4 Å². The first kappa shape index (κ1) is 26.3. The van der Waals surface area contributed by atoms with Crippen LogP contribution in [0, 0.1) is 20.2 Å². The van der Waals surface area contributed by atoms with Gasteiger partial charge in [-0.1, -0.05) is 18.2 Å². The van der Waals surface area contributed by atoms with Crippen LogP contribution in [-0.4, -0.2) is 44.5 Å². The highest BCUT2D eigenvalue weighted by molar-refractivity contribution is 6.41. The molecule has 2 N–H and O–H groups in total. The van der Waals surface area contributed by atoms with E-state index < -0.39 is 33.9 Å². The van der Waals surface area contributed by atoms with Gasteiger partial charge in [0.2, 0.25) is 5.78 Å². The monoisotopic (exact) mass is 530 g/mol. The minimum atomic E-state index is -1.12. The third kappa shape index (κ3) is 5.96. The lowest BCUT2D eigenvalue weighted by Gasteiger charge is -2.12. The molecule has 14 nitrogen and oxygen atoms in total. The highest BCUT2D eigenvalue weighted by Crippen LogP contribution is 2.25. The van der Waals surface area contributed by atoms with E-state index in [4.69, 9.17) is 4.74 Å². The molecule has 0 spiro atoms. The number of aromatic nitrogens is 2. The Morgan fingerprint density at radius 3 is 2.28 bits per heavy atom. The summed E-state index contributed by atoms with van der Waals surface area (Å²) in [5.74, 6) is -2.57. The van der Waals surface area contributed by atoms with E-state index in [9.17, 15) is 34.6 Å². The molecule has 0 saturated heterocycles. The Balaban J connectivity index is 1.68. The predicted octanol–water partition coefficient (Wildman–Crippen LogP) is 3.46. The average molecular weight is 530 g/mol. The number of fused-ring (bicyclic) bond motifs is 1. The Morgan fingerprint density at radius 2 is 1.56 bits per heavy atom. The number of hydrogen-bond donors (Lipinski definition) is 2. The topological polar surface area (TPSA) is 197 Å². The van der Waals surface area contributed by atoms with Crippen LogP contribution in [0.1, 0.15) is 16.2 Å². The number of Topliss-reactive ketones (excluding diaryl/α,β-unsaturated/α-hetero) is 1. The van der Waals surface area contributed by atoms with E-state index in [0.717, 1.165) is 12.1 Å². The standard InChI is InChI=1S/C25H18N6O8/c1-39-22-8-3-2-7-18(22)29-25(34)23-20(27-19-12-16(31(37)38)9-10-17(19)28-23)13-21(32)24(33)26-14-5-4-6-15(11-14)30(35)36/h2-12H,13H2,1H3,(H,26,33)(H,29,34). The molecule has 2 amide bonds. The number of carbonyl (C=O) groups is 3. The smallest absolute Gasteiger partial charge is 0.292 e. The zero-order valence-corrected chi connectivity index (χ0v) is 20.1. The molecule has 0 saturated carbocycles. The van der Waals surface area contributed by atoms with E-state index in [1.807, 2.05) is 0 Å². The molecule has 0 fully saturated rings. The third-order valence-corrected chi connectivity index (χ3v) is 5.40. The Kier molecular flexibility index (Phi) is 7.47. The molecule has 39 heavy (non-hydrogen) atoms. The Bertz CT molecular complexity index is 1660. The lowest BCUT2D eigenvalue weighted by atomic mass is 10.1. The number of benzene rings is 3. The molecule has 14 heteroatoms. The number of ether oxygens (including phenoxy) is 1. The van der Waals surface area contributed by atoms with Gasteiger partial charge in [0.25, 0.3) is 23.2 Å². The second-order valence-electron chi connectivity index (χ2n) is 7.96. The summed E-state index contributed by atoms with van der Waals surface area (Å²) in [6.45, 7) is 0. The number of nitrogens with one attached hydrogen (secondary N) is 2. The maximum atomic E-state index is 13.2. The summed E-state index contributed by atoms with van der Waals surface area (Å²) in [7, 11) is 1.41. The number of anilines is 2. The maximum absolute atomic E-state index is 13.2. The molecule has 0 aliphatic heterocycles. The Morgan fingerprint density at radius 1 is 0.846 bits per heavy atom. The lowest BCUT2D eigenvalue weighted by Crippen LogP contribution is -2.27. The summed E-state index contributed by atoms with van der Waals surface area (Å²) in [6.07, 6.45) is -0.693. The Hall–Kier alpha value is -5.79. The molecule has 0 unspecified atom stereocenters. The maximum Gasteiger partial charge on any atom is 0.292 e. The molecule has 0 aliphatic carbocycles. The second kappa shape index (κ2) is 11.1. The molecule has 4 rings (SSSR count).